The summed E-state index contributed by atoms with van der Waals surface area (Å²) in [4.78, 5) is 51.4. The number of unbranched alkanes of at least 4 members (excludes halogenated alkanes) is 90. The zero-order chi connectivity index (χ0) is 88.6. The van der Waals surface area contributed by atoms with Crippen LogP contribution < -0.4 is 25.5 Å². The summed E-state index contributed by atoms with van der Waals surface area (Å²) in [5.41, 5.74) is 0. The van der Waals surface area contributed by atoms with E-state index in [0.29, 0.717) is 0 Å². The van der Waals surface area contributed by atoms with Gasteiger partial charge in [-0.1, -0.05) is 612 Å². The molecule has 0 aliphatic heterocycles. The molecule has 0 amide bonds. The third kappa shape index (κ3) is 153. The Morgan fingerprint density at radius 1 is 0.115 bits per heavy atom. The molecule has 0 heterocycles. The SMILES string of the molecule is CCCCCCCCCCCCCCCCCCCCCC(=O)[O-].CCCCCCCCCCCCCCCCCCCCCC(=O)[O-].CCCCCCCCCCCCCCCCCCCCCC(=O)[O-].CCCCCCCCCCCCCCCCCCCCCC(=O)[O-].CCCCCCCCCCCCCCCCCCCCCC(=O)[O-].[Al+3].[Fe+2]. The fraction of sp³-hybridized carbons (Fsp3) is 0.955. The van der Waals surface area contributed by atoms with Crippen LogP contribution in [-0.4, -0.2) is 47.2 Å². The van der Waals surface area contributed by atoms with Crippen molar-refractivity contribution in [1.82, 2.24) is 0 Å². The maximum Gasteiger partial charge on any atom is 3.00 e. The second kappa shape index (κ2) is 130. The number of carboxylic acid groups (broad SMARTS) is 5. The second-order valence-electron chi connectivity index (χ2n) is 37.4. The van der Waals surface area contributed by atoms with Gasteiger partial charge in [0.25, 0.3) is 0 Å². The van der Waals surface area contributed by atoms with E-state index >= 15 is 0 Å². The predicted molar refractivity (Wildman–Crippen MR) is 521 cm³/mol. The van der Waals surface area contributed by atoms with Gasteiger partial charge in [-0.25, -0.2) is 0 Å². The molecule has 10 nitrogen and oxygen atoms in total. The van der Waals surface area contributed by atoms with Gasteiger partial charge in [0.15, 0.2) is 0 Å². The van der Waals surface area contributed by atoms with Crippen molar-refractivity contribution in [1.29, 1.82) is 0 Å². The van der Waals surface area contributed by atoms with Crippen LogP contribution in [0.15, 0.2) is 0 Å². The van der Waals surface area contributed by atoms with Crippen LogP contribution in [-0.2, 0) is 41.0 Å². The van der Waals surface area contributed by atoms with Crippen LogP contribution in [0.1, 0.15) is 677 Å². The molecule has 0 saturated heterocycles. The molecule has 0 aromatic carbocycles. The largest absolute Gasteiger partial charge is 3.00 e. The number of hydrogen-bond acceptors (Lipinski definition) is 10. The standard InChI is InChI=1S/5C22H44O2.Al.Fe/c5*1-2-3-4-5-6-7-8-9-10-11-12-13-14-15-16-17-18-19-20-21-22(23)24;;/h5*2-21H2,1H3,(H,23,24);;/q;;;;;+3;+2/p-5. The van der Waals surface area contributed by atoms with E-state index in [2.05, 4.69) is 34.6 Å². The van der Waals surface area contributed by atoms with Crippen molar-refractivity contribution in [2.24, 2.45) is 0 Å². The molecular weight excluding hydrogens is 1560 g/mol. The molecule has 726 valence electrons. The van der Waals surface area contributed by atoms with Gasteiger partial charge in [0.2, 0.25) is 0 Å². The summed E-state index contributed by atoms with van der Waals surface area (Å²) in [6.07, 6.45) is 129. The molecule has 0 aromatic rings. The molecule has 0 atom stereocenters. The Bertz CT molecular complexity index is 1570. The average Bonchev–Trinajstić information content (AvgIpc) is 1.16. The minimum absolute atomic E-state index is 0. The van der Waals surface area contributed by atoms with E-state index in [4.69, 9.17) is 0 Å². The van der Waals surface area contributed by atoms with Crippen molar-refractivity contribution in [3.8, 4) is 0 Å². The van der Waals surface area contributed by atoms with E-state index in [9.17, 15) is 49.5 Å². The summed E-state index contributed by atoms with van der Waals surface area (Å²) < 4.78 is 0. The van der Waals surface area contributed by atoms with Gasteiger partial charge in [-0.15, -0.1) is 0 Å². The van der Waals surface area contributed by atoms with Crippen molar-refractivity contribution in [2.75, 3.05) is 0 Å². The first kappa shape index (κ1) is 133. The van der Waals surface area contributed by atoms with Gasteiger partial charge in [0.05, 0.1) is 0 Å². The van der Waals surface area contributed by atoms with E-state index in [-0.39, 0.29) is 66.5 Å². The number of hydrogen-bond donors (Lipinski definition) is 0. The number of rotatable bonds is 100. The third-order valence-corrected chi connectivity index (χ3v) is 24.9. The Kier molecular flexibility index (Phi) is 142. The van der Waals surface area contributed by atoms with Crippen LogP contribution in [0.5, 0.6) is 0 Å². The van der Waals surface area contributed by atoms with Gasteiger partial charge in [-0.05, 0) is 64.2 Å². The van der Waals surface area contributed by atoms with E-state index in [0.717, 1.165) is 64.2 Å². The van der Waals surface area contributed by atoms with E-state index in [1.165, 1.54) is 546 Å². The topological polar surface area (TPSA) is 201 Å². The van der Waals surface area contributed by atoms with Crippen molar-refractivity contribution in [3.63, 3.8) is 0 Å². The Balaban J connectivity index is -0.000000270. The molecule has 12 heteroatoms. The second-order valence-corrected chi connectivity index (χ2v) is 37.4. The molecule has 0 spiro atoms. The van der Waals surface area contributed by atoms with Gasteiger partial charge >= 0.3 is 34.4 Å². The van der Waals surface area contributed by atoms with Gasteiger partial charge in [0, 0.05) is 29.8 Å². The minimum Gasteiger partial charge on any atom is -0.550 e. The van der Waals surface area contributed by atoms with Gasteiger partial charge in [-0.2, -0.15) is 0 Å². The van der Waals surface area contributed by atoms with Crippen molar-refractivity contribution in [2.45, 2.75) is 677 Å². The van der Waals surface area contributed by atoms with Crippen molar-refractivity contribution >= 4 is 47.2 Å². The van der Waals surface area contributed by atoms with E-state index < -0.39 is 29.8 Å². The van der Waals surface area contributed by atoms with Crippen molar-refractivity contribution < 1.29 is 66.6 Å². The predicted octanol–water partition coefficient (Wildman–Crippen LogP) is 32.4. The van der Waals surface area contributed by atoms with Gasteiger partial charge in [-0.3, -0.25) is 0 Å². The summed E-state index contributed by atoms with van der Waals surface area (Å²) in [5, 5.41) is 51.4. The zero-order valence-corrected chi connectivity index (χ0v) is 85.5. The molecule has 0 aliphatic rings. The third-order valence-electron chi connectivity index (χ3n) is 24.9. The van der Waals surface area contributed by atoms with Crippen molar-refractivity contribution in [3.05, 3.63) is 0 Å². The average molecular weight is 1780 g/mol. The number of aliphatic carboxylic acids is 5. The molecule has 0 rings (SSSR count). The normalized spacial score (nSPS) is 10.9. The van der Waals surface area contributed by atoms with Crippen LogP contribution in [0.2, 0.25) is 0 Å². The first-order chi connectivity index (χ1) is 58.9. The maximum atomic E-state index is 10.3. The van der Waals surface area contributed by atoms with Gasteiger partial charge in [0.1, 0.15) is 0 Å². The fourth-order valence-corrected chi connectivity index (χ4v) is 16.7. The Morgan fingerprint density at radius 2 is 0.164 bits per heavy atom. The van der Waals surface area contributed by atoms with Crippen LogP contribution in [0.3, 0.4) is 0 Å². The first-order valence-electron chi connectivity index (χ1n) is 54.8. The molecule has 0 bridgehead atoms. The van der Waals surface area contributed by atoms with Crippen LogP contribution in [0.25, 0.3) is 0 Å². The first-order valence-corrected chi connectivity index (χ1v) is 54.8. The Labute approximate surface area is 785 Å². The number of carboxylic acids is 5. The molecule has 0 N–H and O–H groups in total. The summed E-state index contributed by atoms with van der Waals surface area (Å²) in [6.45, 7) is 11.4. The summed E-state index contributed by atoms with van der Waals surface area (Å²) in [6, 6.07) is 0. The molecule has 0 aromatic heterocycles. The molecule has 0 saturated carbocycles. The monoisotopic (exact) mass is 1780 g/mol. The smallest absolute Gasteiger partial charge is 0.550 e. The van der Waals surface area contributed by atoms with E-state index in [1.807, 2.05) is 0 Å². The Hall–Kier alpha value is -1.60. The molecule has 0 radical (unpaired) electrons. The summed E-state index contributed by atoms with van der Waals surface area (Å²) in [5.74, 6) is -4.50. The summed E-state index contributed by atoms with van der Waals surface area (Å²) >= 11 is 0. The zero-order valence-electron chi connectivity index (χ0n) is 83.2. The maximum absolute atomic E-state index is 10.3. The molecular formula is C110H215AlFeO10. The van der Waals surface area contributed by atoms with Crippen LogP contribution in [0.4, 0.5) is 0 Å². The molecule has 0 fully saturated rings. The van der Waals surface area contributed by atoms with E-state index in [1.54, 1.807) is 0 Å². The molecule has 0 aliphatic carbocycles. The van der Waals surface area contributed by atoms with Crippen LogP contribution in [0, 0.1) is 0 Å². The number of carbonyl (C=O) groups excluding carboxylic acids is 5. The van der Waals surface area contributed by atoms with Crippen LogP contribution >= 0.6 is 0 Å². The quantitative estimate of drug-likeness (QED) is 0.0417. The molecule has 122 heavy (non-hydrogen) atoms. The summed E-state index contributed by atoms with van der Waals surface area (Å²) in [7, 11) is 0. The molecule has 0 unspecified atom stereocenters. The Morgan fingerprint density at radius 3 is 0.213 bits per heavy atom. The number of carbonyl (C=O) groups is 5. The minimum atomic E-state index is -0.901. The van der Waals surface area contributed by atoms with Gasteiger partial charge < -0.3 is 49.5 Å². The fourth-order valence-electron chi connectivity index (χ4n) is 16.7.